The number of imide groups is 1. The van der Waals surface area contributed by atoms with Crippen molar-refractivity contribution in [3.63, 3.8) is 0 Å². The Morgan fingerprint density at radius 3 is 2.50 bits per heavy atom. The molecule has 0 saturated carbocycles. The fourth-order valence-corrected chi connectivity index (χ4v) is 5.09. The van der Waals surface area contributed by atoms with Gasteiger partial charge >= 0.3 is 6.18 Å². The maximum atomic E-state index is 12.8. The van der Waals surface area contributed by atoms with Crippen LogP contribution in [-0.2, 0) is 15.8 Å². The zero-order valence-corrected chi connectivity index (χ0v) is 18.3. The predicted octanol–water partition coefficient (Wildman–Crippen LogP) is -2.78. The number of aliphatic imine (C=N–C) groups is 2. The number of likely N-dealkylation sites (tertiary alicyclic amines) is 1. The number of nitrogens with zero attached hydrogens (tertiary/aromatic N) is 4. The van der Waals surface area contributed by atoms with Crippen molar-refractivity contribution in [2.24, 2.45) is 21.5 Å². The molecule has 4 aliphatic rings. The third-order valence-corrected chi connectivity index (χ3v) is 6.74. The third kappa shape index (κ3) is 3.29. The highest BCUT2D eigenvalue weighted by Gasteiger charge is 2.73. The molecule has 5 rings (SSSR count). The molecular formula is C19H21F3N8O6. The monoisotopic (exact) mass is 514 g/mol. The third-order valence-electron chi connectivity index (χ3n) is 6.74. The highest BCUT2D eigenvalue weighted by molar-refractivity contribution is 6.02. The van der Waals surface area contributed by atoms with Crippen molar-refractivity contribution in [2.75, 3.05) is 13.1 Å². The molecule has 4 atom stereocenters. The fourth-order valence-electron chi connectivity index (χ4n) is 5.09. The van der Waals surface area contributed by atoms with E-state index in [0.717, 1.165) is 11.0 Å². The maximum Gasteiger partial charge on any atom is 0.449 e. The molecule has 2 fully saturated rings. The van der Waals surface area contributed by atoms with E-state index >= 15 is 0 Å². The van der Waals surface area contributed by atoms with Gasteiger partial charge in [-0.05, 0) is 12.1 Å². The van der Waals surface area contributed by atoms with Crippen LogP contribution in [0.2, 0.25) is 0 Å². The first-order chi connectivity index (χ1) is 16.8. The molecule has 4 aliphatic heterocycles. The van der Waals surface area contributed by atoms with Gasteiger partial charge in [-0.15, -0.1) is 0 Å². The molecule has 1 aromatic heterocycles. The first-order valence-corrected chi connectivity index (χ1v) is 10.7. The molecule has 0 radical (unpaired) electrons. The van der Waals surface area contributed by atoms with Crippen LogP contribution in [0.4, 0.5) is 13.2 Å². The van der Waals surface area contributed by atoms with Crippen LogP contribution in [0.15, 0.2) is 26.5 Å². The molecule has 1 spiro atoms. The second-order valence-corrected chi connectivity index (χ2v) is 8.83. The van der Waals surface area contributed by atoms with Crippen molar-refractivity contribution in [1.82, 2.24) is 20.4 Å². The molecule has 0 aromatic carbocycles. The lowest BCUT2D eigenvalue weighted by Gasteiger charge is -2.49. The average molecular weight is 514 g/mol. The molecule has 14 nitrogen and oxygen atoms in total. The van der Waals surface area contributed by atoms with Gasteiger partial charge in [-0.3, -0.25) is 19.3 Å². The predicted molar refractivity (Wildman–Crippen MR) is 111 cm³/mol. The summed E-state index contributed by atoms with van der Waals surface area (Å²) < 4.78 is 43.0. The largest absolute Gasteiger partial charge is 0.449 e. The van der Waals surface area contributed by atoms with Gasteiger partial charge in [0.2, 0.25) is 23.4 Å². The number of furan rings is 1. The Morgan fingerprint density at radius 2 is 1.89 bits per heavy atom. The first kappa shape index (κ1) is 23.9. The lowest BCUT2D eigenvalue weighted by Crippen LogP contribution is -2.78. The summed E-state index contributed by atoms with van der Waals surface area (Å²) in [6.45, 7) is -0.613. The minimum atomic E-state index is -4.82. The van der Waals surface area contributed by atoms with Crippen molar-refractivity contribution in [3.8, 4) is 0 Å². The number of guanidine groups is 2. The second-order valence-electron chi connectivity index (χ2n) is 8.83. The van der Waals surface area contributed by atoms with Crippen LogP contribution in [0.5, 0.6) is 0 Å². The number of hydrogen-bond donors (Lipinski definition) is 6. The van der Waals surface area contributed by atoms with E-state index in [1.807, 2.05) is 0 Å². The molecule has 0 aliphatic carbocycles. The van der Waals surface area contributed by atoms with E-state index in [0.29, 0.717) is 6.07 Å². The van der Waals surface area contributed by atoms with Crippen molar-refractivity contribution in [1.29, 1.82) is 0 Å². The molecule has 3 amide bonds. The maximum absolute atomic E-state index is 12.8. The van der Waals surface area contributed by atoms with E-state index in [1.165, 1.54) is 4.90 Å². The number of halogens is 3. The van der Waals surface area contributed by atoms with Gasteiger partial charge in [0, 0.05) is 19.4 Å². The Morgan fingerprint density at radius 1 is 1.22 bits per heavy atom. The average Bonchev–Trinajstić information content (AvgIpc) is 3.52. The van der Waals surface area contributed by atoms with Crippen LogP contribution in [-0.4, -0.2) is 92.3 Å². The van der Waals surface area contributed by atoms with Crippen molar-refractivity contribution in [2.45, 2.75) is 48.6 Å². The lowest BCUT2D eigenvalue weighted by molar-refractivity contribution is -0.230. The van der Waals surface area contributed by atoms with Gasteiger partial charge in [-0.1, -0.05) is 0 Å². The Hall–Kier alpha value is -3.86. The molecule has 8 N–H and O–H groups in total. The molecule has 1 aromatic rings. The zero-order valence-electron chi connectivity index (χ0n) is 18.3. The van der Waals surface area contributed by atoms with Crippen LogP contribution in [0.1, 0.15) is 29.2 Å². The molecule has 17 heteroatoms. The standard InChI is InChI=1S/C19H21F3N8O6/c20-19(21,22)10-2-1-8(36-10)14(33)26-9-6-30-16(24)25-7(5-29-11(31)3-4-12(29)32)13-17(30,18(9,34)35)28-15(23)27-13/h1-2,7,9,13,34-35H,3-6H2,(H2,24,25)(H,26,33)(H3,23,27,28)/t7-,9?,13?,17?/m1/s1. The van der Waals surface area contributed by atoms with Crippen LogP contribution in [0.25, 0.3) is 0 Å². The highest BCUT2D eigenvalue weighted by atomic mass is 19.4. The summed E-state index contributed by atoms with van der Waals surface area (Å²) in [7, 11) is 0. The van der Waals surface area contributed by atoms with Gasteiger partial charge in [0.1, 0.15) is 12.1 Å². The molecule has 36 heavy (non-hydrogen) atoms. The number of aliphatic hydroxyl groups is 2. The number of nitrogens with one attached hydrogen (secondary N) is 2. The summed E-state index contributed by atoms with van der Waals surface area (Å²) in [4.78, 5) is 47.6. The summed E-state index contributed by atoms with van der Waals surface area (Å²) in [6.07, 6.45) is -4.77. The van der Waals surface area contributed by atoms with Crippen LogP contribution in [0, 0.1) is 0 Å². The SMILES string of the molecule is NC1=NC2[C@@H](CN3C(=O)CCC3=O)N=C(N)N3CC(NC(=O)c4ccc(C(F)(F)F)o4)C(O)(O)C23N1. The zero-order chi connectivity index (χ0) is 26.2. The van der Waals surface area contributed by atoms with Crippen molar-refractivity contribution in [3.05, 3.63) is 23.7 Å². The van der Waals surface area contributed by atoms with Gasteiger partial charge in [-0.25, -0.2) is 9.98 Å². The number of carbonyl (C=O) groups is 3. The number of alkyl halides is 3. The van der Waals surface area contributed by atoms with Gasteiger partial charge in [-0.2, -0.15) is 13.2 Å². The summed E-state index contributed by atoms with van der Waals surface area (Å²) in [5, 5.41) is 27.5. The van der Waals surface area contributed by atoms with Gasteiger partial charge in [0.05, 0.1) is 12.6 Å². The molecule has 3 unspecified atom stereocenters. The normalized spacial score (nSPS) is 31.1. The minimum Gasteiger partial charge on any atom is -0.446 e. The Balaban J connectivity index is 1.44. The van der Waals surface area contributed by atoms with E-state index in [1.54, 1.807) is 0 Å². The smallest absolute Gasteiger partial charge is 0.446 e. The van der Waals surface area contributed by atoms with Crippen molar-refractivity contribution >= 4 is 29.6 Å². The van der Waals surface area contributed by atoms with Gasteiger partial charge in [0.25, 0.3) is 5.91 Å². The van der Waals surface area contributed by atoms with Crippen LogP contribution < -0.4 is 22.1 Å². The second kappa shape index (κ2) is 7.57. The highest BCUT2D eigenvalue weighted by Crippen LogP contribution is 2.45. The summed E-state index contributed by atoms with van der Waals surface area (Å²) in [6, 6.07) is -2.38. The van der Waals surface area contributed by atoms with E-state index in [4.69, 9.17) is 11.5 Å². The number of nitrogens with two attached hydrogens (primary N) is 2. The van der Waals surface area contributed by atoms with E-state index in [9.17, 15) is 37.8 Å². The number of amides is 3. The number of carbonyl (C=O) groups excluding carboxylic acids is 3. The van der Waals surface area contributed by atoms with E-state index in [-0.39, 0.29) is 37.9 Å². The van der Waals surface area contributed by atoms with Crippen LogP contribution >= 0.6 is 0 Å². The quantitative estimate of drug-likeness (QED) is 0.180. The van der Waals surface area contributed by atoms with E-state index < -0.39 is 65.0 Å². The Kier molecular flexibility index (Phi) is 5.02. The van der Waals surface area contributed by atoms with Crippen molar-refractivity contribution < 1.29 is 42.2 Å². The summed E-state index contributed by atoms with van der Waals surface area (Å²) in [5.41, 5.74) is 9.99. The molecule has 194 valence electrons. The lowest BCUT2D eigenvalue weighted by atomic mass is 9.85. The van der Waals surface area contributed by atoms with E-state index in [2.05, 4.69) is 25.0 Å². The Labute approximate surface area is 199 Å². The van der Waals surface area contributed by atoms with Gasteiger partial charge < -0.3 is 41.6 Å². The summed E-state index contributed by atoms with van der Waals surface area (Å²) >= 11 is 0. The molecular weight excluding hydrogens is 493 g/mol. The molecule has 0 bridgehead atoms. The topological polar surface area (TPSA) is 212 Å². The minimum absolute atomic E-state index is 0.0250. The first-order valence-electron chi connectivity index (χ1n) is 10.7. The fraction of sp³-hybridized carbons (Fsp3) is 0.526. The number of rotatable bonds is 4. The molecule has 2 saturated heterocycles. The van der Waals surface area contributed by atoms with Crippen LogP contribution in [0.3, 0.4) is 0 Å². The molecule has 5 heterocycles. The number of hydrogen-bond acceptors (Lipinski definition) is 12. The Bertz CT molecular complexity index is 1200. The van der Waals surface area contributed by atoms with Gasteiger partial charge in [0.15, 0.2) is 23.3 Å². The summed E-state index contributed by atoms with van der Waals surface area (Å²) in [5.74, 6) is -7.44.